The maximum atomic E-state index is 6.66. The van der Waals surface area contributed by atoms with Gasteiger partial charge in [-0.3, -0.25) is 0 Å². The first-order valence-corrected chi connectivity index (χ1v) is 20.7. The van der Waals surface area contributed by atoms with E-state index in [2.05, 4.69) is 158 Å². The summed E-state index contributed by atoms with van der Waals surface area (Å²) in [5.74, 6) is 1.69. The molecule has 3 aromatic heterocycles. The number of rotatable bonds is 7. The highest BCUT2D eigenvalue weighted by atomic mass is 16.3. The Kier molecular flexibility index (Phi) is 8.42. The molecule has 0 N–H and O–H groups in total. The number of furan rings is 2. The second-order valence-corrected chi connectivity index (χ2v) is 15.6. The molecule has 62 heavy (non-hydrogen) atoms. The molecule has 0 bridgehead atoms. The van der Waals surface area contributed by atoms with Gasteiger partial charge in [-0.2, -0.15) is 0 Å². The highest BCUT2D eigenvalue weighted by Crippen LogP contribution is 2.42. The third kappa shape index (κ3) is 6.23. The SMILES string of the molecule is c1ccc(-c2nc(-c3ccc4c(c3)oc3cc(-c5ccccc5)c(-c5ccccc5)cc34)nc(-c3ccc4c(c3)oc3cc(-c5ccccc5)c(-c5ccccc5)cc34)n2)cc1. The van der Waals surface area contributed by atoms with Gasteiger partial charge in [0.25, 0.3) is 0 Å². The number of aromatic nitrogens is 3. The lowest BCUT2D eigenvalue weighted by Gasteiger charge is -2.11. The Bertz CT molecular complexity index is 3380. The quantitative estimate of drug-likeness (QED) is 0.161. The van der Waals surface area contributed by atoms with Gasteiger partial charge in [0.05, 0.1) is 0 Å². The molecule has 0 aliphatic rings. The van der Waals surface area contributed by atoms with E-state index in [1.807, 2.05) is 54.6 Å². The summed E-state index contributed by atoms with van der Waals surface area (Å²) >= 11 is 0. The summed E-state index contributed by atoms with van der Waals surface area (Å²) in [5, 5.41) is 4.16. The lowest BCUT2D eigenvalue weighted by molar-refractivity contribution is 0.669. The van der Waals surface area contributed by atoms with Gasteiger partial charge in [0.15, 0.2) is 17.5 Å². The molecule has 12 rings (SSSR count). The highest BCUT2D eigenvalue weighted by molar-refractivity contribution is 6.11. The molecule has 5 nitrogen and oxygen atoms in total. The first-order valence-electron chi connectivity index (χ1n) is 20.7. The summed E-state index contributed by atoms with van der Waals surface area (Å²) in [7, 11) is 0. The molecule has 0 fully saturated rings. The van der Waals surface area contributed by atoms with E-state index in [4.69, 9.17) is 23.8 Å². The minimum absolute atomic E-state index is 0.552. The zero-order chi connectivity index (χ0) is 41.0. The number of hydrogen-bond acceptors (Lipinski definition) is 5. The molecule has 0 saturated carbocycles. The number of fused-ring (bicyclic) bond motifs is 6. The van der Waals surface area contributed by atoms with E-state index in [0.29, 0.717) is 17.5 Å². The van der Waals surface area contributed by atoms with Gasteiger partial charge in [0, 0.05) is 38.2 Å². The van der Waals surface area contributed by atoms with E-state index in [9.17, 15) is 0 Å². The predicted molar refractivity (Wildman–Crippen MR) is 252 cm³/mol. The van der Waals surface area contributed by atoms with Gasteiger partial charge >= 0.3 is 0 Å². The summed E-state index contributed by atoms with van der Waals surface area (Å²) in [6.07, 6.45) is 0. The molecular weight excluding hydrogens is 759 g/mol. The summed E-state index contributed by atoms with van der Waals surface area (Å²) in [5.41, 5.74) is 14.8. The van der Waals surface area contributed by atoms with Crippen molar-refractivity contribution in [3.8, 4) is 78.7 Å². The maximum Gasteiger partial charge on any atom is 0.164 e. The van der Waals surface area contributed by atoms with Gasteiger partial charge in [-0.25, -0.2) is 15.0 Å². The molecule has 9 aromatic carbocycles. The Morgan fingerprint density at radius 2 is 0.516 bits per heavy atom. The molecule has 0 aliphatic heterocycles. The lowest BCUT2D eigenvalue weighted by atomic mass is 9.93. The molecule has 0 spiro atoms. The smallest absolute Gasteiger partial charge is 0.164 e. The zero-order valence-electron chi connectivity index (χ0n) is 33.4. The number of nitrogens with zero attached hydrogens (tertiary/aromatic N) is 3. The van der Waals surface area contributed by atoms with Crippen LogP contribution in [-0.2, 0) is 0 Å². The minimum Gasteiger partial charge on any atom is -0.456 e. The van der Waals surface area contributed by atoms with Crippen LogP contribution in [-0.4, -0.2) is 15.0 Å². The van der Waals surface area contributed by atoms with Crippen molar-refractivity contribution in [1.82, 2.24) is 15.0 Å². The fourth-order valence-electron chi connectivity index (χ4n) is 8.70. The van der Waals surface area contributed by atoms with Gasteiger partial charge < -0.3 is 8.83 Å². The number of benzene rings is 9. The van der Waals surface area contributed by atoms with E-state index < -0.39 is 0 Å². The Morgan fingerprint density at radius 3 is 0.871 bits per heavy atom. The van der Waals surface area contributed by atoms with Crippen LogP contribution in [0.1, 0.15) is 0 Å². The summed E-state index contributed by atoms with van der Waals surface area (Å²) in [4.78, 5) is 15.2. The fourth-order valence-corrected chi connectivity index (χ4v) is 8.70. The van der Waals surface area contributed by atoms with Crippen LogP contribution < -0.4 is 0 Å². The fraction of sp³-hybridized carbons (Fsp3) is 0. The monoisotopic (exact) mass is 793 g/mol. The zero-order valence-corrected chi connectivity index (χ0v) is 33.4. The average Bonchev–Trinajstić information content (AvgIpc) is 3.90. The van der Waals surface area contributed by atoms with Crippen molar-refractivity contribution in [1.29, 1.82) is 0 Å². The van der Waals surface area contributed by atoms with Crippen molar-refractivity contribution in [3.63, 3.8) is 0 Å². The van der Waals surface area contributed by atoms with Crippen LogP contribution in [0, 0.1) is 0 Å². The van der Waals surface area contributed by atoms with Gasteiger partial charge in [0.2, 0.25) is 0 Å². The molecular formula is C57H35N3O2. The molecule has 12 aromatic rings. The van der Waals surface area contributed by atoms with Crippen molar-refractivity contribution in [2.75, 3.05) is 0 Å². The second kappa shape index (κ2) is 14.7. The molecule has 290 valence electrons. The third-order valence-corrected chi connectivity index (χ3v) is 11.7. The Labute approximate surface area is 357 Å². The van der Waals surface area contributed by atoms with Crippen LogP contribution >= 0.6 is 0 Å². The van der Waals surface area contributed by atoms with Crippen molar-refractivity contribution in [2.45, 2.75) is 0 Å². The van der Waals surface area contributed by atoms with Crippen LogP contribution in [0.3, 0.4) is 0 Å². The Hall–Kier alpha value is -8.41. The molecule has 0 saturated heterocycles. The summed E-state index contributed by atoms with van der Waals surface area (Å²) in [6.45, 7) is 0. The van der Waals surface area contributed by atoms with Gasteiger partial charge in [-0.15, -0.1) is 0 Å². The van der Waals surface area contributed by atoms with Crippen LogP contribution in [0.15, 0.2) is 221 Å². The molecule has 3 heterocycles. The first-order chi connectivity index (χ1) is 30.7. The molecule has 0 unspecified atom stereocenters. The van der Waals surface area contributed by atoms with Crippen LogP contribution in [0.2, 0.25) is 0 Å². The van der Waals surface area contributed by atoms with Crippen LogP contribution in [0.4, 0.5) is 0 Å². The van der Waals surface area contributed by atoms with Crippen molar-refractivity contribution in [3.05, 3.63) is 212 Å². The van der Waals surface area contributed by atoms with Crippen molar-refractivity contribution >= 4 is 43.9 Å². The van der Waals surface area contributed by atoms with E-state index in [-0.39, 0.29) is 0 Å². The minimum atomic E-state index is 0.552. The van der Waals surface area contributed by atoms with Crippen molar-refractivity contribution in [2.24, 2.45) is 0 Å². The van der Waals surface area contributed by atoms with E-state index in [0.717, 1.165) is 105 Å². The topological polar surface area (TPSA) is 65.0 Å². The Morgan fingerprint density at radius 1 is 0.226 bits per heavy atom. The average molecular weight is 794 g/mol. The molecule has 0 aliphatic carbocycles. The molecule has 0 radical (unpaired) electrons. The molecule has 5 heteroatoms. The van der Waals surface area contributed by atoms with Gasteiger partial charge in [-0.05, 0) is 93.0 Å². The van der Waals surface area contributed by atoms with E-state index in [1.165, 1.54) is 0 Å². The predicted octanol–water partition coefficient (Wildman–Crippen LogP) is 15.3. The van der Waals surface area contributed by atoms with E-state index in [1.54, 1.807) is 0 Å². The maximum absolute atomic E-state index is 6.66. The largest absolute Gasteiger partial charge is 0.456 e. The summed E-state index contributed by atoms with van der Waals surface area (Å²) < 4.78 is 13.3. The van der Waals surface area contributed by atoms with Gasteiger partial charge in [0.1, 0.15) is 22.3 Å². The normalized spacial score (nSPS) is 11.5. The van der Waals surface area contributed by atoms with Crippen LogP contribution in [0.25, 0.3) is 123 Å². The number of hydrogen-bond donors (Lipinski definition) is 0. The lowest BCUT2D eigenvalue weighted by Crippen LogP contribution is -2.00. The van der Waals surface area contributed by atoms with Crippen molar-refractivity contribution < 1.29 is 8.83 Å². The third-order valence-electron chi connectivity index (χ3n) is 11.7. The highest BCUT2D eigenvalue weighted by Gasteiger charge is 2.20. The summed E-state index contributed by atoms with van der Waals surface area (Å²) in [6, 6.07) is 73.4. The van der Waals surface area contributed by atoms with Crippen LogP contribution in [0.5, 0.6) is 0 Å². The first kappa shape index (κ1) is 35.5. The standard InChI is InChI=1S/C57H35N3O2/c1-6-16-36(17-7-1)45-32-49-43-28-26-41(30-51(43)61-53(49)34-47(45)38-20-10-3-11-21-38)56-58-55(40-24-14-5-15-25-40)59-57(60-56)42-27-29-44-50-33-46(37-18-8-2-9-19-37)48(39-22-12-4-13-23-39)35-54(50)62-52(44)31-42/h1-35H. The second-order valence-electron chi connectivity index (χ2n) is 15.6. The molecule has 0 amide bonds. The Balaban J connectivity index is 0.993. The van der Waals surface area contributed by atoms with Gasteiger partial charge in [-0.1, -0.05) is 164 Å². The van der Waals surface area contributed by atoms with E-state index >= 15 is 0 Å². The molecule has 0 atom stereocenters.